The third kappa shape index (κ3) is 3.33. The second-order valence-corrected chi connectivity index (χ2v) is 6.37. The number of aryl methyl sites for hydroxylation is 1. The summed E-state index contributed by atoms with van der Waals surface area (Å²) >= 11 is 0. The Kier molecular flexibility index (Phi) is 4.66. The molecule has 2 aliphatic rings. The van der Waals surface area contributed by atoms with Gasteiger partial charge in [0, 0.05) is 50.6 Å². The van der Waals surface area contributed by atoms with Crippen LogP contribution in [0.1, 0.15) is 18.4 Å². The van der Waals surface area contributed by atoms with Crippen LogP contribution in [0.25, 0.3) is 0 Å². The van der Waals surface area contributed by atoms with Crippen molar-refractivity contribution in [3.63, 3.8) is 0 Å². The van der Waals surface area contributed by atoms with Crippen LogP contribution in [0.2, 0.25) is 0 Å². The lowest BCUT2D eigenvalue weighted by atomic mass is 9.96. The van der Waals surface area contributed by atoms with Gasteiger partial charge in [-0.1, -0.05) is 6.07 Å². The lowest BCUT2D eigenvalue weighted by Crippen LogP contribution is -2.43. The highest BCUT2D eigenvalue weighted by atomic mass is 15.2. The molecule has 1 aromatic carbocycles. The molecule has 0 atom stereocenters. The van der Waals surface area contributed by atoms with Gasteiger partial charge in [-0.2, -0.15) is 0 Å². The number of benzene rings is 1. The number of nitrogens with one attached hydrogen (secondary N) is 1. The van der Waals surface area contributed by atoms with Gasteiger partial charge < -0.3 is 20.9 Å². The Morgan fingerprint density at radius 3 is 2.48 bits per heavy atom. The van der Waals surface area contributed by atoms with Gasteiger partial charge in [0.25, 0.3) is 0 Å². The number of hydrogen-bond donors (Lipinski definition) is 2. The minimum atomic E-state index is 0.720. The molecule has 2 saturated heterocycles. The number of nitrogens with zero attached hydrogens (tertiary/aromatic N) is 2. The van der Waals surface area contributed by atoms with Gasteiger partial charge >= 0.3 is 0 Å². The zero-order valence-electron chi connectivity index (χ0n) is 13.1. The molecule has 116 valence electrons. The molecule has 3 N–H and O–H groups in total. The van der Waals surface area contributed by atoms with E-state index in [1.54, 1.807) is 0 Å². The zero-order chi connectivity index (χ0) is 14.7. The van der Waals surface area contributed by atoms with Crippen molar-refractivity contribution in [1.82, 2.24) is 5.32 Å². The van der Waals surface area contributed by atoms with Gasteiger partial charge in [0.15, 0.2) is 0 Å². The molecule has 0 bridgehead atoms. The highest BCUT2D eigenvalue weighted by Crippen LogP contribution is 2.30. The molecule has 0 amide bonds. The maximum absolute atomic E-state index is 5.81. The molecule has 2 aliphatic heterocycles. The van der Waals surface area contributed by atoms with E-state index < -0.39 is 0 Å². The largest absolute Gasteiger partial charge is 0.371 e. The predicted molar refractivity (Wildman–Crippen MR) is 90.3 cm³/mol. The van der Waals surface area contributed by atoms with E-state index in [4.69, 9.17) is 5.73 Å². The first-order valence-corrected chi connectivity index (χ1v) is 8.29. The van der Waals surface area contributed by atoms with Gasteiger partial charge in [-0.05, 0) is 49.9 Å². The Hall–Kier alpha value is -1.26. The van der Waals surface area contributed by atoms with Crippen LogP contribution in [0.3, 0.4) is 0 Å². The molecule has 4 heteroatoms. The summed E-state index contributed by atoms with van der Waals surface area (Å²) in [5.41, 5.74) is 9.99. The summed E-state index contributed by atoms with van der Waals surface area (Å²) in [7, 11) is 0. The molecular formula is C17H28N4. The fraction of sp³-hybridized carbons (Fsp3) is 0.647. The summed E-state index contributed by atoms with van der Waals surface area (Å²) in [5, 5.41) is 3.42. The normalized spacial score (nSPS) is 20.9. The summed E-state index contributed by atoms with van der Waals surface area (Å²) in [4.78, 5) is 5.04. The van der Waals surface area contributed by atoms with Gasteiger partial charge in [-0.25, -0.2) is 0 Å². The number of rotatable bonds is 3. The van der Waals surface area contributed by atoms with Gasteiger partial charge in [0.1, 0.15) is 0 Å². The van der Waals surface area contributed by atoms with E-state index >= 15 is 0 Å². The maximum atomic E-state index is 5.81. The van der Waals surface area contributed by atoms with Crippen LogP contribution in [-0.4, -0.2) is 45.8 Å². The van der Waals surface area contributed by atoms with Crippen molar-refractivity contribution in [2.24, 2.45) is 11.7 Å². The minimum Gasteiger partial charge on any atom is -0.371 e. The Morgan fingerprint density at radius 2 is 1.81 bits per heavy atom. The molecule has 0 unspecified atom stereocenters. The fourth-order valence-electron chi connectivity index (χ4n) is 3.47. The molecular weight excluding hydrogens is 260 g/mol. The van der Waals surface area contributed by atoms with Crippen molar-refractivity contribution in [1.29, 1.82) is 0 Å². The van der Waals surface area contributed by atoms with Crippen LogP contribution in [0, 0.1) is 12.8 Å². The Bertz CT molecular complexity index is 460. The van der Waals surface area contributed by atoms with E-state index in [9.17, 15) is 0 Å². The number of anilines is 2. The first-order valence-electron chi connectivity index (χ1n) is 8.29. The highest BCUT2D eigenvalue weighted by molar-refractivity contribution is 5.63. The van der Waals surface area contributed by atoms with Crippen LogP contribution < -0.4 is 20.9 Å². The van der Waals surface area contributed by atoms with Crippen molar-refractivity contribution in [2.45, 2.75) is 19.8 Å². The first kappa shape index (κ1) is 14.7. The van der Waals surface area contributed by atoms with E-state index in [1.807, 2.05) is 0 Å². The average molecular weight is 288 g/mol. The Balaban J connectivity index is 1.75. The molecule has 0 aliphatic carbocycles. The van der Waals surface area contributed by atoms with Crippen LogP contribution in [0.4, 0.5) is 11.4 Å². The summed E-state index contributed by atoms with van der Waals surface area (Å²) in [6.45, 7) is 9.76. The van der Waals surface area contributed by atoms with E-state index in [0.717, 1.165) is 51.7 Å². The van der Waals surface area contributed by atoms with E-state index in [1.165, 1.54) is 29.8 Å². The topological polar surface area (TPSA) is 44.5 Å². The summed E-state index contributed by atoms with van der Waals surface area (Å²) in [6.07, 6.45) is 2.46. The fourth-order valence-corrected chi connectivity index (χ4v) is 3.47. The second-order valence-electron chi connectivity index (χ2n) is 6.37. The quantitative estimate of drug-likeness (QED) is 0.886. The van der Waals surface area contributed by atoms with Gasteiger partial charge in [-0.15, -0.1) is 0 Å². The van der Waals surface area contributed by atoms with Gasteiger partial charge in [0.05, 0.1) is 0 Å². The molecule has 21 heavy (non-hydrogen) atoms. The van der Waals surface area contributed by atoms with Crippen molar-refractivity contribution in [3.05, 3.63) is 23.8 Å². The third-order valence-electron chi connectivity index (χ3n) is 4.96. The summed E-state index contributed by atoms with van der Waals surface area (Å²) in [6, 6.07) is 6.95. The average Bonchev–Trinajstić information content (AvgIpc) is 2.56. The lowest BCUT2D eigenvalue weighted by Gasteiger charge is -2.35. The number of nitrogens with two attached hydrogens (primary N) is 1. The van der Waals surface area contributed by atoms with Crippen LogP contribution >= 0.6 is 0 Å². The number of hydrogen-bond acceptors (Lipinski definition) is 4. The lowest BCUT2D eigenvalue weighted by molar-refractivity contribution is 0.414. The van der Waals surface area contributed by atoms with Crippen molar-refractivity contribution in [3.8, 4) is 0 Å². The van der Waals surface area contributed by atoms with Crippen LogP contribution in [0.5, 0.6) is 0 Å². The predicted octanol–water partition coefficient (Wildman–Crippen LogP) is 1.58. The zero-order valence-corrected chi connectivity index (χ0v) is 13.1. The second kappa shape index (κ2) is 6.67. The number of piperazine rings is 1. The highest BCUT2D eigenvalue weighted by Gasteiger charge is 2.20. The maximum Gasteiger partial charge on any atom is 0.0416 e. The number of piperidine rings is 1. The molecule has 1 aromatic rings. The smallest absolute Gasteiger partial charge is 0.0416 e. The third-order valence-corrected chi connectivity index (χ3v) is 4.96. The molecule has 2 fully saturated rings. The van der Waals surface area contributed by atoms with Gasteiger partial charge in [-0.3, -0.25) is 0 Å². The summed E-state index contributed by atoms with van der Waals surface area (Å²) < 4.78 is 0. The first-order chi connectivity index (χ1) is 10.3. The molecule has 4 nitrogen and oxygen atoms in total. The van der Waals surface area contributed by atoms with Crippen molar-refractivity contribution < 1.29 is 0 Å². The molecule has 0 aromatic heterocycles. The summed E-state index contributed by atoms with van der Waals surface area (Å²) in [5.74, 6) is 0.720. The van der Waals surface area contributed by atoms with E-state index in [2.05, 4.69) is 40.2 Å². The Labute approximate surface area is 128 Å². The van der Waals surface area contributed by atoms with E-state index in [0.29, 0.717) is 0 Å². The van der Waals surface area contributed by atoms with Crippen molar-refractivity contribution >= 4 is 11.4 Å². The molecule has 2 heterocycles. The van der Waals surface area contributed by atoms with Crippen molar-refractivity contribution in [2.75, 3.05) is 55.6 Å². The molecule has 3 rings (SSSR count). The van der Waals surface area contributed by atoms with Crippen LogP contribution in [-0.2, 0) is 0 Å². The van der Waals surface area contributed by atoms with Gasteiger partial charge in [0.2, 0.25) is 0 Å². The standard InChI is InChI=1S/C17H28N4/c1-14-2-3-16(20-10-6-19-7-11-20)12-17(14)21-8-4-15(13-18)5-9-21/h2-3,12,15,19H,4-11,13,18H2,1H3. The SMILES string of the molecule is Cc1ccc(N2CCNCC2)cc1N1CCC(CN)CC1. The monoisotopic (exact) mass is 288 g/mol. The minimum absolute atomic E-state index is 0.720. The molecule has 0 radical (unpaired) electrons. The molecule has 0 spiro atoms. The Morgan fingerprint density at radius 1 is 1.10 bits per heavy atom. The van der Waals surface area contributed by atoms with E-state index in [-0.39, 0.29) is 0 Å². The van der Waals surface area contributed by atoms with Crippen LogP contribution in [0.15, 0.2) is 18.2 Å². The molecule has 0 saturated carbocycles.